The van der Waals surface area contributed by atoms with E-state index in [1.807, 2.05) is 6.07 Å². The molecule has 0 aromatic heterocycles. The van der Waals surface area contributed by atoms with E-state index in [0.29, 0.717) is 0 Å². The summed E-state index contributed by atoms with van der Waals surface area (Å²) in [5, 5.41) is 0. The van der Waals surface area contributed by atoms with Crippen molar-refractivity contribution >= 4 is 5.57 Å². The Morgan fingerprint density at radius 2 is 1.71 bits per heavy atom. The third-order valence-electron chi connectivity index (χ3n) is 3.08. The fraction of sp³-hybridized carbons (Fsp3) is 0.176. The zero-order valence-corrected chi connectivity index (χ0v) is 10.5. The first-order valence-electron chi connectivity index (χ1n) is 5.96. The topological polar surface area (TPSA) is 0 Å². The minimum Gasteiger partial charge on any atom is -0.0949 e. The molecule has 0 amide bonds. The summed E-state index contributed by atoms with van der Waals surface area (Å²) in [6, 6.07) is 17.0. The molecule has 2 aromatic carbocycles. The van der Waals surface area contributed by atoms with E-state index in [-0.39, 0.29) is 0 Å². The van der Waals surface area contributed by atoms with Gasteiger partial charge in [0.2, 0.25) is 0 Å². The quantitative estimate of drug-likeness (QED) is 0.714. The lowest BCUT2D eigenvalue weighted by Crippen LogP contribution is -1.93. The van der Waals surface area contributed by atoms with E-state index in [0.717, 1.165) is 6.42 Å². The van der Waals surface area contributed by atoms with E-state index in [4.69, 9.17) is 0 Å². The van der Waals surface area contributed by atoms with Crippen molar-refractivity contribution in [3.63, 3.8) is 0 Å². The average Bonchev–Trinajstić information content (AvgIpc) is 2.34. The second kappa shape index (κ2) is 5.01. The molecule has 0 heteroatoms. The standard InChI is InChI=1S/C17H18/c1-13-9-10-17(14(2)11-13)12-15(3)16-7-5-4-6-8-16/h4-11H,3,12H2,1-2H3. The Labute approximate surface area is 104 Å². The summed E-state index contributed by atoms with van der Waals surface area (Å²) in [5.41, 5.74) is 6.44. The summed E-state index contributed by atoms with van der Waals surface area (Å²) < 4.78 is 0. The molecular formula is C17H18. The van der Waals surface area contributed by atoms with Crippen molar-refractivity contribution in [2.45, 2.75) is 20.3 Å². The molecule has 0 unspecified atom stereocenters. The second-order valence-electron chi connectivity index (χ2n) is 4.58. The molecule has 86 valence electrons. The van der Waals surface area contributed by atoms with Crippen molar-refractivity contribution in [3.05, 3.63) is 77.4 Å². The van der Waals surface area contributed by atoms with E-state index in [2.05, 4.69) is 62.9 Å². The zero-order valence-electron chi connectivity index (χ0n) is 10.5. The number of rotatable bonds is 3. The highest BCUT2D eigenvalue weighted by molar-refractivity contribution is 5.66. The molecule has 0 saturated carbocycles. The zero-order chi connectivity index (χ0) is 12.3. The minimum atomic E-state index is 0.927. The van der Waals surface area contributed by atoms with E-state index in [1.54, 1.807) is 0 Å². The van der Waals surface area contributed by atoms with Crippen molar-refractivity contribution in [1.82, 2.24) is 0 Å². The van der Waals surface area contributed by atoms with Gasteiger partial charge in [0.1, 0.15) is 0 Å². The molecule has 0 atom stereocenters. The maximum atomic E-state index is 4.18. The molecular weight excluding hydrogens is 204 g/mol. The van der Waals surface area contributed by atoms with Crippen LogP contribution < -0.4 is 0 Å². The predicted molar refractivity (Wildman–Crippen MR) is 75.1 cm³/mol. The van der Waals surface area contributed by atoms with Crippen molar-refractivity contribution in [2.24, 2.45) is 0 Å². The molecule has 2 rings (SSSR count). The number of allylic oxidation sites excluding steroid dienone is 1. The largest absolute Gasteiger partial charge is 0.0949 e. The van der Waals surface area contributed by atoms with Gasteiger partial charge in [-0.15, -0.1) is 0 Å². The highest BCUT2D eigenvalue weighted by Crippen LogP contribution is 2.20. The van der Waals surface area contributed by atoms with Gasteiger partial charge >= 0.3 is 0 Å². The molecule has 0 spiro atoms. The monoisotopic (exact) mass is 222 g/mol. The molecule has 17 heavy (non-hydrogen) atoms. The molecule has 0 aliphatic heterocycles. The van der Waals surface area contributed by atoms with Crippen molar-refractivity contribution < 1.29 is 0 Å². The number of hydrogen-bond donors (Lipinski definition) is 0. The lowest BCUT2D eigenvalue weighted by Gasteiger charge is -2.09. The van der Waals surface area contributed by atoms with Crippen LogP contribution in [0, 0.1) is 13.8 Å². The molecule has 2 aromatic rings. The van der Waals surface area contributed by atoms with Crippen molar-refractivity contribution in [3.8, 4) is 0 Å². The Morgan fingerprint density at radius 3 is 2.35 bits per heavy atom. The Hall–Kier alpha value is -1.82. The molecule has 0 fully saturated rings. The van der Waals surface area contributed by atoms with Gasteiger partial charge in [-0.3, -0.25) is 0 Å². The van der Waals surface area contributed by atoms with Crippen LogP contribution >= 0.6 is 0 Å². The number of aryl methyl sites for hydroxylation is 2. The van der Waals surface area contributed by atoms with Gasteiger partial charge in [-0.2, -0.15) is 0 Å². The SMILES string of the molecule is C=C(Cc1ccc(C)cc1C)c1ccccc1. The van der Waals surface area contributed by atoms with Crippen LogP contribution in [0.2, 0.25) is 0 Å². The van der Waals surface area contributed by atoms with Crippen LogP contribution in [-0.2, 0) is 6.42 Å². The Kier molecular flexibility index (Phi) is 3.43. The summed E-state index contributed by atoms with van der Waals surface area (Å²) in [5.74, 6) is 0. The van der Waals surface area contributed by atoms with E-state index >= 15 is 0 Å². The summed E-state index contributed by atoms with van der Waals surface area (Å²) in [6.07, 6.45) is 0.927. The van der Waals surface area contributed by atoms with E-state index < -0.39 is 0 Å². The summed E-state index contributed by atoms with van der Waals surface area (Å²) in [6.45, 7) is 8.48. The smallest absolute Gasteiger partial charge is 0.00231 e. The summed E-state index contributed by atoms with van der Waals surface area (Å²) in [4.78, 5) is 0. The number of benzene rings is 2. The normalized spacial score (nSPS) is 10.2. The van der Waals surface area contributed by atoms with E-state index in [1.165, 1.54) is 27.8 Å². The minimum absolute atomic E-state index is 0.927. The summed E-state index contributed by atoms with van der Waals surface area (Å²) >= 11 is 0. The van der Waals surface area contributed by atoms with Gasteiger partial charge in [0.15, 0.2) is 0 Å². The molecule has 0 radical (unpaired) electrons. The van der Waals surface area contributed by atoms with Gasteiger partial charge in [-0.1, -0.05) is 60.7 Å². The Balaban J connectivity index is 2.19. The molecule has 0 nitrogen and oxygen atoms in total. The van der Waals surface area contributed by atoms with Crippen LogP contribution in [0.25, 0.3) is 5.57 Å². The summed E-state index contributed by atoms with van der Waals surface area (Å²) in [7, 11) is 0. The second-order valence-corrected chi connectivity index (χ2v) is 4.58. The van der Waals surface area contributed by atoms with Crippen LogP contribution in [-0.4, -0.2) is 0 Å². The molecule has 0 N–H and O–H groups in total. The average molecular weight is 222 g/mol. The maximum absolute atomic E-state index is 4.18. The Bertz CT molecular complexity index is 521. The van der Waals surface area contributed by atoms with Gasteiger partial charge in [0.25, 0.3) is 0 Å². The van der Waals surface area contributed by atoms with Gasteiger partial charge in [0, 0.05) is 0 Å². The molecule has 0 heterocycles. The van der Waals surface area contributed by atoms with E-state index in [9.17, 15) is 0 Å². The molecule has 0 saturated heterocycles. The van der Waals surface area contributed by atoms with Crippen LogP contribution in [0.1, 0.15) is 22.3 Å². The fourth-order valence-corrected chi connectivity index (χ4v) is 2.05. The van der Waals surface area contributed by atoms with Gasteiger partial charge in [-0.05, 0) is 42.5 Å². The van der Waals surface area contributed by atoms with Crippen LogP contribution in [0.4, 0.5) is 0 Å². The Morgan fingerprint density at radius 1 is 1.00 bits per heavy atom. The van der Waals surface area contributed by atoms with Crippen LogP contribution in [0.5, 0.6) is 0 Å². The maximum Gasteiger partial charge on any atom is -0.00231 e. The highest BCUT2D eigenvalue weighted by Gasteiger charge is 2.03. The lowest BCUT2D eigenvalue weighted by molar-refractivity contribution is 1.21. The molecule has 0 aliphatic carbocycles. The van der Waals surface area contributed by atoms with Gasteiger partial charge in [-0.25, -0.2) is 0 Å². The van der Waals surface area contributed by atoms with Crippen molar-refractivity contribution in [1.29, 1.82) is 0 Å². The lowest BCUT2D eigenvalue weighted by atomic mass is 9.96. The predicted octanol–water partition coefficient (Wildman–Crippen LogP) is 4.56. The first-order chi connectivity index (χ1) is 8.16. The van der Waals surface area contributed by atoms with Gasteiger partial charge in [0.05, 0.1) is 0 Å². The molecule has 0 aliphatic rings. The first kappa shape index (κ1) is 11.7. The number of hydrogen-bond acceptors (Lipinski definition) is 0. The highest BCUT2D eigenvalue weighted by atomic mass is 14.1. The third-order valence-corrected chi connectivity index (χ3v) is 3.08. The molecule has 0 bridgehead atoms. The third kappa shape index (κ3) is 2.85. The van der Waals surface area contributed by atoms with Crippen LogP contribution in [0.3, 0.4) is 0 Å². The fourth-order valence-electron chi connectivity index (χ4n) is 2.05. The van der Waals surface area contributed by atoms with Crippen molar-refractivity contribution in [2.75, 3.05) is 0 Å². The first-order valence-corrected chi connectivity index (χ1v) is 5.96. The van der Waals surface area contributed by atoms with Gasteiger partial charge < -0.3 is 0 Å². The van der Waals surface area contributed by atoms with Crippen LogP contribution in [0.15, 0.2) is 55.1 Å².